The molecule has 0 spiro atoms. The third kappa shape index (κ3) is 3.40. The number of anilines is 2. The Morgan fingerprint density at radius 1 is 1.10 bits per heavy atom. The van der Waals surface area contributed by atoms with Crippen molar-refractivity contribution < 1.29 is 19.3 Å². The quantitative estimate of drug-likeness (QED) is 0.371. The Bertz CT molecular complexity index is 1280. The lowest BCUT2D eigenvalue weighted by Gasteiger charge is -2.17. The van der Waals surface area contributed by atoms with E-state index in [1.54, 1.807) is 35.0 Å². The number of thioether (sulfide) groups is 1. The van der Waals surface area contributed by atoms with Crippen molar-refractivity contribution in [2.75, 3.05) is 18.1 Å². The van der Waals surface area contributed by atoms with Crippen LogP contribution in [0.15, 0.2) is 42.9 Å². The highest BCUT2D eigenvalue weighted by molar-refractivity contribution is 8.00. The Morgan fingerprint density at radius 2 is 1.94 bits per heavy atom. The molecule has 1 unspecified atom stereocenters. The van der Waals surface area contributed by atoms with Gasteiger partial charge in [-0.3, -0.25) is 0 Å². The Labute approximate surface area is 179 Å². The van der Waals surface area contributed by atoms with Crippen molar-refractivity contribution in [1.29, 1.82) is 0 Å². The first-order valence-corrected chi connectivity index (χ1v) is 10.4. The molecule has 1 fully saturated rings. The highest BCUT2D eigenvalue weighted by atomic mass is 32.2. The Morgan fingerprint density at radius 3 is 2.77 bits per heavy atom. The molecule has 31 heavy (non-hydrogen) atoms. The average Bonchev–Trinajstić information content (AvgIpc) is 3.30. The van der Waals surface area contributed by atoms with E-state index < -0.39 is 28.6 Å². The molecule has 0 aliphatic carbocycles. The number of aromatic nitrogens is 4. The number of aliphatic hydroxyl groups excluding tert-OH is 2. The number of hydrogen-bond donors (Lipinski definition) is 4. The van der Waals surface area contributed by atoms with Gasteiger partial charge >= 0.3 is 0 Å². The summed E-state index contributed by atoms with van der Waals surface area (Å²) in [6.07, 6.45) is 1.11. The monoisotopic (exact) mass is 442 g/mol. The molecular formula is C20H19FN6O3S. The lowest BCUT2D eigenvalue weighted by Crippen LogP contribution is -2.34. The fraction of sp³-hybridized carbons (Fsp3) is 0.250. The van der Waals surface area contributed by atoms with Crippen molar-refractivity contribution in [3.8, 4) is 5.75 Å². The van der Waals surface area contributed by atoms with Crippen molar-refractivity contribution in [2.24, 2.45) is 0 Å². The summed E-state index contributed by atoms with van der Waals surface area (Å²) in [5.74, 6) is 0.104. The number of pyridine rings is 1. The minimum Gasteiger partial charge on any atom is -0.492 e. The van der Waals surface area contributed by atoms with Crippen molar-refractivity contribution in [1.82, 2.24) is 19.5 Å². The van der Waals surface area contributed by atoms with Gasteiger partial charge in [0.15, 0.2) is 11.6 Å². The molecule has 0 saturated carbocycles. The van der Waals surface area contributed by atoms with Crippen molar-refractivity contribution in [3.63, 3.8) is 0 Å². The van der Waals surface area contributed by atoms with Gasteiger partial charge in [-0.1, -0.05) is 0 Å². The van der Waals surface area contributed by atoms with Gasteiger partial charge < -0.3 is 31.0 Å². The van der Waals surface area contributed by atoms with E-state index in [9.17, 15) is 14.6 Å². The molecule has 3 aromatic heterocycles. The number of hydrogen-bond acceptors (Lipinski definition) is 9. The molecule has 9 nitrogen and oxygen atoms in total. The highest BCUT2D eigenvalue weighted by Gasteiger charge is 2.44. The van der Waals surface area contributed by atoms with E-state index in [-0.39, 0.29) is 12.4 Å². The van der Waals surface area contributed by atoms with Gasteiger partial charge in [0.1, 0.15) is 41.6 Å². The SMILES string of the molecule is Nc1nc2cc(OC[C@@H]3SC(n4ccc5c(N)ncnc54)[C@@H](O)[C@H]3O)ccc2cc1F. The Kier molecular flexibility index (Phi) is 4.80. The number of nitrogens with two attached hydrogens (primary N) is 2. The summed E-state index contributed by atoms with van der Waals surface area (Å²) < 4.78 is 21.2. The smallest absolute Gasteiger partial charge is 0.165 e. The van der Waals surface area contributed by atoms with Gasteiger partial charge in [-0.25, -0.2) is 19.3 Å². The molecule has 1 aliphatic heterocycles. The van der Waals surface area contributed by atoms with E-state index in [0.29, 0.717) is 33.5 Å². The molecule has 4 aromatic rings. The summed E-state index contributed by atoms with van der Waals surface area (Å²) in [5, 5.41) is 21.7. The van der Waals surface area contributed by atoms with E-state index in [1.165, 1.54) is 24.2 Å². The second-order valence-electron chi connectivity index (χ2n) is 7.29. The van der Waals surface area contributed by atoms with Crippen LogP contribution in [-0.2, 0) is 0 Å². The third-order valence-electron chi connectivity index (χ3n) is 5.34. The summed E-state index contributed by atoms with van der Waals surface area (Å²) in [7, 11) is 0. The zero-order valence-corrected chi connectivity index (χ0v) is 16.9. The maximum atomic E-state index is 13.6. The first-order chi connectivity index (χ1) is 14.9. The lowest BCUT2D eigenvalue weighted by atomic mass is 10.1. The lowest BCUT2D eigenvalue weighted by molar-refractivity contribution is 0.0128. The van der Waals surface area contributed by atoms with Crippen LogP contribution < -0.4 is 16.2 Å². The number of nitrogens with zero attached hydrogens (tertiary/aromatic N) is 4. The Balaban J connectivity index is 1.34. The summed E-state index contributed by atoms with van der Waals surface area (Å²) >= 11 is 1.38. The maximum Gasteiger partial charge on any atom is 0.165 e. The number of benzene rings is 1. The minimum absolute atomic E-state index is 0.151. The predicted molar refractivity (Wildman–Crippen MR) is 116 cm³/mol. The maximum absolute atomic E-state index is 13.6. The number of halogens is 1. The molecule has 160 valence electrons. The average molecular weight is 442 g/mol. The molecule has 5 rings (SSSR count). The first-order valence-electron chi connectivity index (χ1n) is 9.49. The fourth-order valence-electron chi connectivity index (χ4n) is 3.70. The number of rotatable bonds is 4. The van der Waals surface area contributed by atoms with Gasteiger partial charge in [0.05, 0.1) is 22.3 Å². The summed E-state index contributed by atoms with van der Waals surface area (Å²) in [6.45, 7) is 0.151. The fourth-order valence-corrected chi connectivity index (χ4v) is 5.15. The van der Waals surface area contributed by atoms with Gasteiger partial charge in [0.25, 0.3) is 0 Å². The number of aliphatic hydroxyl groups is 2. The van der Waals surface area contributed by atoms with Gasteiger partial charge in [-0.15, -0.1) is 11.8 Å². The molecule has 11 heteroatoms. The van der Waals surface area contributed by atoms with Gasteiger partial charge in [-0.2, -0.15) is 0 Å². The molecular weight excluding hydrogens is 423 g/mol. The van der Waals surface area contributed by atoms with E-state index in [2.05, 4.69) is 15.0 Å². The van der Waals surface area contributed by atoms with Gasteiger partial charge in [-0.05, 0) is 24.3 Å². The summed E-state index contributed by atoms with van der Waals surface area (Å²) in [5.41, 5.74) is 12.5. The van der Waals surface area contributed by atoms with Crippen LogP contribution in [0, 0.1) is 5.82 Å². The largest absolute Gasteiger partial charge is 0.492 e. The van der Waals surface area contributed by atoms with E-state index in [0.717, 1.165) is 0 Å². The third-order valence-corrected chi connectivity index (χ3v) is 6.88. The van der Waals surface area contributed by atoms with E-state index >= 15 is 0 Å². The molecule has 4 atom stereocenters. The second-order valence-corrected chi connectivity index (χ2v) is 8.65. The first kappa shape index (κ1) is 19.8. The molecule has 1 aromatic carbocycles. The number of fused-ring (bicyclic) bond motifs is 2. The molecule has 0 bridgehead atoms. The van der Waals surface area contributed by atoms with E-state index in [1.807, 2.05) is 0 Å². The van der Waals surface area contributed by atoms with Crippen LogP contribution in [0.1, 0.15) is 5.37 Å². The van der Waals surface area contributed by atoms with Crippen LogP contribution in [0.5, 0.6) is 5.75 Å². The van der Waals surface area contributed by atoms with Crippen molar-refractivity contribution >= 4 is 45.3 Å². The topological polar surface area (TPSA) is 145 Å². The zero-order chi connectivity index (χ0) is 21.7. The molecule has 1 saturated heterocycles. The molecule has 4 heterocycles. The number of ether oxygens (including phenoxy) is 1. The van der Waals surface area contributed by atoms with E-state index in [4.69, 9.17) is 16.2 Å². The minimum atomic E-state index is -1.02. The van der Waals surface area contributed by atoms with Crippen molar-refractivity contribution in [3.05, 3.63) is 48.7 Å². The normalized spacial score (nSPS) is 23.6. The van der Waals surface area contributed by atoms with Crippen molar-refractivity contribution in [2.45, 2.75) is 22.8 Å². The Hall–Kier alpha value is -3.15. The molecule has 6 N–H and O–H groups in total. The predicted octanol–water partition coefficient (Wildman–Crippen LogP) is 1.70. The number of nitrogen functional groups attached to an aromatic ring is 2. The summed E-state index contributed by atoms with van der Waals surface area (Å²) in [4.78, 5) is 12.3. The van der Waals surface area contributed by atoms with Crippen LogP contribution in [-0.4, -0.2) is 53.8 Å². The summed E-state index contributed by atoms with van der Waals surface area (Å²) in [6, 6.07) is 8.14. The molecule has 0 amide bonds. The van der Waals surface area contributed by atoms with Gasteiger partial charge in [0.2, 0.25) is 0 Å². The van der Waals surface area contributed by atoms with Crippen LogP contribution in [0.3, 0.4) is 0 Å². The van der Waals surface area contributed by atoms with Gasteiger partial charge in [0, 0.05) is 17.6 Å². The van der Waals surface area contributed by atoms with Crippen LogP contribution in [0.2, 0.25) is 0 Å². The van der Waals surface area contributed by atoms with Crippen LogP contribution in [0.4, 0.5) is 16.0 Å². The standard InChI is InChI=1S/C20H19FN6O3S/c21-12-5-9-1-2-10(6-13(9)26-18(12)23)30-7-14-15(28)16(29)20(31-14)27-4-3-11-17(22)24-8-25-19(11)27/h1-6,8,14-16,20,28-29H,7H2,(H2,23,26)(H2,22,24,25)/t14-,15-,16-,20?/m0/s1. The highest BCUT2D eigenvalue weighted by Crippen LogP contribution is 2.43. The second kappa shape index (κ2) is 7.52. The van der Waals surface area contributed by atoms with Crippen LogP contribution in [0.25, 0.3) is 21.9 Å². The zero-order valence-electron chi connectivity index (χ0n) is 16.1. The molecule has 0 radical (unpaired) electrons. The molecule has 1 aliphatic rings. The van der Waals surface area contributed by atoms with Crippen LogP contribution >= 0.6 is 11.8 Å².